The first-order valence-corrected chi connectivity index (χ1v) is 7.38. The average molecular weight is 284 g/mol. The van der Waals surface area contributed by atoms with Crippen molar-refractivity contribution < 1.29 is 4.39 Å². The molecule has 1 aromatic carbocycles. The fourth-order valence-electron chi connectivity index (χ4n) is 2.98. The van der Waals surface area contributed by atoms with Crippen molar-refractivity contribution in [3.8, 4) is 0 Å². The van der Waals surface area contributed by atoms with Crippen LogP contribution in [0.25, 0.3) is 0 Å². The lowest BCUT2D eigenvalue weighted by molar-refractivity contribution is 0.107. The molecule has 1 aliphatic carbocycles. The highest BCUT2D eigenvalue weighted by atomic mass is 35.5. The maximum atomic E-state index is 13.9. The Labute approximate surface area is 120 Å². The van der Waals surface area contributed by atoms with Crippen molar-refractivity contribution in [2.45, 2.75) is 46.0 Å². The molecule has 3 heteroatoms. The van der Waals surface area contributed by atoms with Crippen LogP contribution < -0.4 is 5.73 Å². The van der Waals surface area contributed by atoms with E-state index in [2.05, 4.69) is 13.8 Å². The van der Waals surface area contributed by atoms with Gasteiger partial charge in [-0.2, -0.15) is 0 Å². The molecule has 0 radical (unpaired) electrons. The van der Waals surface area contributed by atoms with Crippen molar-refractivity contribution in [3.63, 3.8) is 0 Å². The van der Waals surface area contributed by atoms with E-state index >= 15 is 0 Å². The van der Waals surface area contributed by atoms with E-state index in [1.807, 2.05) is 0 Å². The summed E-state index contributed by atoms with van der Waals surface area (Å²) in [6.07, 6.45) is 5.22. The van der Waals surface area contributed by atoms with Crippen LogP contribution in [0, 0.1) is 16.6 Å². The zero-order valence-corrected chi connectivity index (χ0v) is 12.6. The first-order valence-electron chi connectivity index (χ1n) is 7.00. The van der Waals surface area contributed by atoms with Crippen molar-refractivity contribution in [2.75, 3.05) is 6.54 Å². The highest BCUT2D eigenvalue weighted by Gasteiger charge is 2.37. The minimum absolute atomic E-state index is 0.0597. The van der Waals surface area contributed by atoms with Gasteiger partial charge in [0.15, 0.2) is 0 Å². The van der Waals surface area contributed by atoms with Crippen LogP contribution in [0.2, 0.25) is 5.02 Å². The van der Waals surface area contributed by atoms with E-state index < -0.39 is 0 Å². The van der Waals surface area contributed by atoms with E-state index in [1.165, 1.54) is 18.9 Å². The van der Waals surface area contributed by atoms with Crippen LogP contribution in [-0.4, -0.2) is 6.54 Å². The highest BCUT2D eigenvalue weighted by molar-refractivity contribution is 6.30. The molecule has 0 spiro atoms. The molecular weight excluding hydrogens is 261 g/mol. The molecule has 0 saturated heterocycles. The lowest BCUT2D eigenvalue weighted by Gasteiger charge is -2.43. The molecule has 0 aromatic heterocycles. The monoisotopic (exact) mass is 283 g/mol. The first kappa shape index (κ1) is 14.8. The summed E-state index contributed by atoms with van der Waals surface area (Å²) in [7, 11) is 0. The van der Waals surface area contributed by atoms with Gasteiger partial charge in [-0.25, -0.2) is 4.39 Å². The van der Waals surface area contributed by atoms with Crippen LogP contribution in [0.3, 0.4) is 0 Å². The van der Waals surface area contributed by atoms with Crippen LogP contribution in [0.5, 0.6) is 0 Å². The molecule has 19 heavy (non-hydrogen) atoms. The number of benzene rings is 1. The number of rotatable bonds is 3. The van der Waals surface area contributed by atoms with Crippen molar-refractivity contribution in [3.05, 3.63) is 34.6 Å². The fourth-order valence-corrected chi connectivity index (χ4v) is 3.14. The van der Waals surface area contributed by atoms with Crippen LogP contribution in [0.1, 0.15) is 45.1 Å². The van der Waals surface area contributed by atoms with Crippen molar-refractivity contribution in [1.29, 1.82) is 0 Å². The van der Waals surface area contributed by atoms with Gasteiger partial charge >= 0.3 is 0 Å². The number of nitrogens with two attached hydrogens (primary N) is 1. The van der Waals surface area contributed by atoms with Gasteiger partial charge in [0.05, 0.1) is 0 Å². The minimum Gasteiger partial charge on any atom is -0.330 e. The lowest BCUT2D eigenvalue weighted by Crippen LogP contribution is -2.39. The second kappa shape index (κ2) is 5.41. The summed E-state index contributed by atoms with van der Waals surface area (Å²) in [5.41, 5.74) is 7.21. The molecule has 106 valence electrons. The normalized spacial score (nSPS) is 21.3. The smallest absolute Gasteiger partial charge is 0.127 e. The van der Waals surface area contributed by atoms with Gasteiger partial charge in [-0.15, -0.1) is 0 Å². The molecule has 0 amide bonds. The van der Waals surface area contributed by atoms with Crippen LogP contribution in [-0.2, 0) is 6.42 Å². The number of halogens is 2. The molecule has 1 aliphatic rings. The molecule has 1 saturated carbocycles. The summed E-state index contributed by atoms with van der Waals surface area (Å²) in [6.45, 7) is 5.23. The Morgan fingerprint density at radius 1 is 1.21 bits per heavy atom. The summed E-state index contributed by atoms with van der Waals surface area (Å²) < 4.78 is 13.9. The molecule has 0 bridgehead atoms. The van der Waals surface area contributed by atoms with E-state index in [1.54, 1.807) is 12.1 Å². The van der Waals surface area contributed by atoms with E-state index in [0.29, 0.717) is 17.0 Å². The third-order valence-corrected chi connectivity index (χ3v) is 4.91. The van der Waals surface area contributed by atoms with Gasteiger partial charge in [0.25, 0.3) is 0 Å². The zero-order chi connectivity index (χ0) is 14.1. The number of hydrogen-bond acceptors (Lipinski definition) is 1. The molecule has 1 nitrogen and oxygen atoms in total. The summed E-state index contributed by atoms with van der Waals surface area (Å²) in [5.74, 6) is -0.204. The van der Waals surface area contributed by atoms with Gasteiger partial charge in [0.1, 0.15) is 5.82 Å². The Bertz CT molecular complexity index is 446. The van der Waals surface area contributed by atoms with Gasteiger partial charge in [-0.05, 0) is 67.2 Å². The Kier molecular flexibility index (Phi) is 4.22. The Morgan fingerprint density at radius 3 is 2.37 bits per heavy atom. The van der Waals surface area contributed by atoms with Crippen LogP contribution in [0.15, 0.2) is 18.2 Å². The van der Waals surface area contributed by atoms with Gasteiger partial charge in [-0.3, -0.25) is 0 Å². The van der Waals surface area contributed by atoms with E-state index in [9.17, 15) is 4.39 Å². The maximum Gasteiger partial charge on any atom is 0.127 e. The second-order valence-electron chi connectivity index (χ2n) is 6.78. The van der Waals surface area contributed by atoms with E-state index in [4.69, 9.17) is 17.3 Å². The predicted octanol–water partition coefficient (Wildman–Crippen LogP) is 4.57. The standard InChI is InChI=1S/C16H23ClFN/c1-15(2)5-7-16(11-19,8-6-15)10-12-3-4-13(17)9-14(12)18/h3-4,9H,5-8,10-11,19H2,1-2H3. The molecule has 2 rings (SSSR count). The highest BCUT2D eigenvalue weighted by Crippen LogP contribution is 2.46. The summed E-state index contributed by atoms with van der Waals surface area (Å²) in [6, 6.07) is 4.96. The average Bonchev–Trinajstić information content (AvgIpc) is 2.36. The Hall–Kier alpha value is -0.600. The van der Waals surface area contributed by atoms with Crippen LogP contribution >= 0.6 is 11.6 Å². The van der Waals surface area contributed by atoms with Gasteiger partial charge < -0.3 is 5.73 Å². The minimum atomic E-state index is -0.204. The van der Waals surface area contributed by atoms with Crippen molar-refractivity contribution >= 4 is 11.6 Å². The SMILES string of the molecule is CC1(C)CCC(CN)(Cc2ccc(Cl)cc2F)CC1. The van der Waals surface area contributed by atoms with E-state index in [0.717, 1.165) is 24.8 Å². The summed E-state index contributed by atoms with van der Waals surface area (Å²) in [5, 5.41) is 0.452. The molecule has 0 atom stereocenters. The summed E-state index contributed by atoms with van der Waals surface area (Å²) in [4.78, 5) is 0. The zero-order valence-electron chi connectivity index (χ0n) is 11.8. The third-order valence-electron chi connectivity index (χ3n) is 4.68. The lowest BCUT2D eigenvalue weighted by atomic mass is 9.63. The fraction of sp³-hybridized carbons (Fsp3) is 0.625. The van der Waals surface area contributed by atoms with Crippen molar-refractivity contribution in [2.24, 2.45) is 16.6 Å². The van der Waals surface area contributed by atoms with Crippen molar-refractivity contribution in [1.82, 2.24) is 0 Å². The maximum absolute atomic E-state index is 13.9. The van der Waals surface area contributed by atoms with Gasteiger partial charge in [0.2, 0.25) is 0 Å². The quantitative estimate of drug-likeness (QED) is 0.864. The predicted molar refractivity (Wildman–Crippen MR) is 78.9 cm³/mol. The number of hydrogen-bond donors (Lipinski definition) is 1. The van der Waals surface area contributed by atoms with E-state index in [-0.39, 0.29) is 11.2 Å². The molecule has 2 N–H and O–H groups in total. The van der Waals surface area contributed by atoms with Gasteiger partial charge in [0, 0.05) is 5.02 Å². The topological polar surface area (TPSA) is 26.0 Å². The molecule has 0 heterocycles. The molecule has 0 aliphatic heterocycles. The molecular formula is C16H23ClFN. The Morgan fingerprint density at radius 2 is 1.84 bits per heavy atom. The Balaban J connectivity index is 2.15. The van der Waals surface area contributed by atoms with Gasteiger partial charge in [-0.1, -0.05) is 31.5 Å². The first-order chi connectivity index (χ1) is 8.86. The third kappa shape index (κ3) is 3.49. The molecule has 0 unspecified atom stereocenters. The van der Waals surface area contributed by atoms with Crippen LogP contribution in [0.4, 0.5) is 4.39 Å². The largest absolute Gasteiger partial charge is 0.330 e. The molecule has 1 fully saturated rings. The molecule has 1 aromatic rings. The summed E-state index contributed by atoms with van der Waals surface area (Å²) >= 11 is 5.80. The second-order valence-corrected chi connectivity index (χ2v) is 7.22.